The molecule has 1 aromatic rings. The summed E-state index contributed by atoms with van der Waals surface area (Å²) in [6, 6.07) is 3.65. The third-order valence-corrected chi connectivity index (χ3v) is 13.4. The number of ether oxygens (including phenoxy) is 5. The lowest BCUT2D eigenvalue weighted by molar-refractivity contribution is -0.154. The van der Waals surface area contributed by atoms with Crippen LogP contribution < -0.4 is 9.47 Å². The van der Waals surface area contributed by atoms with Crippen molar-refractivity contribution in [3.63, 3.8) is 0 Å². The Bertz CT molecular complexity index is 1790. The van der Waals surface area contributed by atoms with Crippen molar-refractivity contribution in [1.82, 2.24) is 9.80 Å². The number of methoxy groups -OCH3 is 3. The van der Waals surface area contributed by atoms with Crippen molar-refractivity contribution in [3.8, 4) is 11.5 Å². The molecule has 3 fully saturated rings. The molecule has 10 atom stereocenters. The number of hydrogen-bond donors (Lipinski definition) is 1. The van der Waals surface area contributed by atoms with E-state index >= 15 is 4.79 Å². The first kappa shape index (κ1) is 27.9. The highest BCUT2D eigenvalue weighted by molar-refractivity contribution is 6.04. The number of Topliss-reactive ketones (excluding diaryl/α,β-unsaturated/α-hetero) is 1. The third-order valence-electron chi connectivity index (χ3n) is 13.4. The lowest BCUT2D eigenvalue weighted by atomic mass is 9.48. The average molecular weight is 625 g/mol. The largest absolute Gasteiger partial charge is 0.498 e. The molecule has 4 aliphatic heterocycles. The van der Waals surface area contributed by atoms with Crippen LogP contribution >= 0.6 is 0 Å². The van der Waals surface area contributed by atoms with Gasteiger partial charge in [0.1, 0.15) is 29.7 Å². The molecule has 10 rings (SSSR count). The van der Waals surface area contributed by atoms with E-state index in [1.807, 2.05) is 12.1 Å². The molecule has 2 unspecified atom stereocenters. The minimum Gasteiger partial charge on any atom is -0.498 e. The number of likely N-dealkylation sites (N-methyl/N-ethyl adjacent to an activating group) is 2. The Kier molecular flexibility index (Phi) is 5.34. The Morgan fingerprint density at radius 2 is 1.89 bits per heavy atom. The number of likely N-dealkylation sites (tertiary alicyclic amines) is 2. The third kappa shape index (κ3) is 2.84. The highest BCUT2D eigenvalue weighted by Gasteiger charge is 2.74. The fraction of sp³-hybridized carbons (Fsp3) is 0.541. The van der Waals surface area contributed by atoms with Gasteiger partial charge < -0.3 is 28.8 Å². The smallest absolute Gasteiger partial charge is 0.201 e. The number of allylic oxidation sites excluding steroid dienone is 3. The van der Waals surface area contributed by atoms with Crippen molar-refractivity contribution < 1.29 is 33.6 Å². The second kappa shape index (κ2) is 8.82. The number of aliphatic hydroxyl groups is 1. The summed E-state index contributed by atoms with van der Waals surface area (Å²) in [6.45, 7) is 0.777. The van der Waals surface area contributed by atoms with Gasteiger partial charge in [0.05, 0.1) is 25.0 Å². The van der Waals surface area contributed by atoms with E-state index in [-0.39, 0.29) is 42.2 Å². The van der Waals surface area contributed by atoms with Gasteiger partial charge in [0.15, 0.2) is 17.6 Å². The van der Waals surface area contributed by atoms with Crippen molar-refractivity contribution in [2.45, 2.75) is 79.2 Å². The molecule has 1 N–H and O–H groups in total. The van der Waals surface area contributed by atoms with Crippen molar-refractivity contribution in [2.24, 2.45) is 5.41 Å². The van der Waals surface area contributed by atoms with Crippen molar-refractivity contribution in [2.75, 3.05) is 42.0 Å². The lowest BCUT2D eigenvalue weighted by Gasteiger charge is -2.62. The molecular formula is C37H40N2O7. The van der Waals surface area contributed by atoms with Crippen molar-refractivity contribution in [3.05, 3.63) is 81.7 Å². The first-order valence-electron chi connectivity index (χ1n) is 16.6. The van der Waals surface area contributed by atoms with E-state index < -0.39 is 22.5 Å². The van der Waals surface area contributed by atoms with E-state index in [4.69, 9.17) is 23.7 Å². The zero-order chi connectivity index (χ0) is 31.5. The van der Waals surface area contributed by atoms with E-state index in [9.17, 15) is 5.11 Å². The molecule has 240 valence electrons. The fourth-order valence-corrected chi connectivity index (χ4v) is 11.5. The predicted molar refractivity (Wildman–Crippen MR) is 168 cm³/mol. The van der Waals surface area contributed by atoms with Crippen LogP contribution in [0.4, 0.5) is 0 Å². The Morgan fingerprint density at radius 3 is 2.67 bits per heavy atom. The number of rotatable bonds is 4. The van der Waals surface area contributed by atoms with E-state index in [0.717, 1.165) is 29.9 Å². The van der Waals surface area contributed by atoms with Crippen LogP contribution in [-0.4, -0.2) is 111 Å². The van der Waals surface area contributed by atoms with E-state index in [1.54, 1.807) is 21.3 Å². The number of carbonyl (C=O) groups excluding carboxylic acids is 1. The van der Waals surface area contributed by atoms with Crippen LogP contribution in [0.3, 0.4) is 0 Å². The number of carbonyl (C=O) groups is 1. The second-order valence-corrected chi connectivity index (χ2v) is 14.7. The van der Waals surface area contributed by atoms with Gasteiger partial charge in [0.25, 0.3) is 0 Å². The Labute approximate surface area is 268 Å². The molecule has 3 saturated heterocycles. The summed E-state index contributed by atoms with van der Waals surface area (Å²) in [5.74, 6) is 2.00. The summed E-state index contributed by atoms with van der Waals surface area (Å²) >= 11 is 0. The molecule has 0 radical (unpaired) electrons. The van der Waals surface area contributed by atoms with Gasteiger partial charge in [-0.1, -0.05) is 24.3 Å². The summed E-state index contributed by atoms with van der Waals surface area (Å²) in [6.07, 6.45) is 11.8. The predicted octanol–water partition coefficient (Wildman–Crippen LogP) is 2.78. The van der Waals surface area contributed by atoms with Crippen LogP contribution in [-0.2, 0) is 30.8 Å². The molecule has 46 heavy (non-hydrogen) atoms. The molecule has 2 spiro atoms. The standard InChI is InChI=1S/C37H40N2O7/c1-38-13-12-36-29-19-7-10-25(43-4)32(29)46-34(36)30(40)20(16-37(36,41)27(38)15-19)23-17-35-21-8-11-26(44-5)33(35)45-31-24(42-3)9-6-18(28(31)35)14-22(21)39(23)2/h6-11,16,22-24,27,31,33-34,41H,12-15,17H2,1-5H3/t22-,23+,24?,27-,31?,33+,34+,35+,36+,37-/m1/s1. The molecule has 5 aliphatic carbocycles. The van der Waals surface area contributed by atoms with Gasteiger partial charge in [-0.05, 0) is 86.8 Å². The monoisotopic (exact) mass is 624 g/mol. The molecule has 1 aromatic carbocycles. The number of benzene rings is 1. The van der Waals surface area contributed by atoms with Crippen LogP contribution in [0.25, 0.3) is 0 Å². The zero-order valence-electron chi connectivity index (χ0n) is 26.9. The van der Waals surface area contributed by atoms with Crippen molar-refractivity contribution in [1.29, 1.82) is 0 Å². The van der Waals surface area contributed by atoms with Crippen LogP contribution in [0.2, 0.25) is 0 Å². The van der Waals surface area contributed by atoms with Gasteiger partial charge in [-0.3, -0.25) is 14.6 Å². The SMILES string of the molecule is COC1=CC=C2[C@H]3CC4=C5C(O[C@@H]1[C@@]25C[C@@H](C1=C[C@@]2(O)[C@H]5Cc6ccc(OC)c7c6[C@@]2(CCN5C)[C@@H](O7)C1=O)N3C)C(OC)C=C4. The zero-order valence-corrected chi connectivity index (χ0v) is 26.9. The molecule has 9 heteroatoms. The Balaban J connectivity index is 1.16. The van der Waals surface area contributed by atoms with Gasteiger partial charge in [-0.2, -0.15) is 0 Å². The van der Waals surface area contributed by atoms with E-state index in [0.29, 0.717) is 36.3 Å². The minimum atomic E-state index is -1.29. The summed E-state index contributed by atoms with van der Waals surface area (Å²) in [5.41, 5.74) is 4.01. The van der Waals surface area contributed by atoms with Crippen LogP contribution in [0.1, 0.15) is 30.4 Å². The molecule has 9 nitrogen and oxygen atoms in total. The van der Waals surface area contributed by atoms with E-state index in [1.165, 1.54) is 16.7 Å². The highest BCUT2D eigenvalue weighted by Crippen LogP contribution is 2.68. The molecule has 4 bridgehead atoms. The highest BCUT2D eigenvalue weighted by atomic mass is 16.6. The topological polar surface area (TPSA) is 89.9 Å². The van der Waals surface area contributed by atoms with E-state index in [2.05, 4.69) is 54.3 Å². The normalized spacial score (nSPS) is 44.2. The summed E-state index contributed by atoms with van der Waals surface area (Å²) in [4.78, 5) is 19.7. The molecule has 0 saturated carbocycles. The molecule has 0 aromatic heterocycles. The quantitative estimate of drug-likeness (QED) is 0.544. The first-order chi connectivity index (χ1) is 22.2. The second-order valence-electron chi connectivity index (χ2n) is 14.7. The van der Waals surface area contributed by atoms with Gasteiger partial charge in [-0.25, -0.2) is 0 Å². The number of nitrogens with zero attached hydrogens (tertiary/aromatic N) is 2. The van der Waals surface area contributed by atoms with Gasteiger partial charge in [0.2, 0.25) is 5.78 Å². The molecule has 0 amide bonds. The van der Waals surface area contributed by atoms with Crippen LogP contribution in [0.5, 0.6) is 11.5 Å². The maximum Gasteiger partial charge on any atom is 0.201 e. The summed E-state index contributed by atoms with van der Waals surface area (Å²) in [5, 5.41) is 13.2. The summed E-state index contributed by atoms with van der Waals surface area (Å²) in [7, 11) is 9.31. The van der Waals surface area contributed by atoms with Crippen molar-refractivity contribution >= 4 is 5.78 Å². The fourth-order valence-electron chi connectivity index (χ4n) is 11.5. The number of piperidine rings is 2. The van der Waals surface area contributed by atoms with Crippen LogP contribution in [0, 0.1) is 5.41 Å². The Morgan fingerprint density at radius 1 is 1.04 bits per heavy atom. The molecule has 9 aliphatic rings. The van der Waals surface area contributed by atoms with Gasteiger partial charge >= 0.3 is 0 Å². The minimum absolute atomic E-state index is 0.0306. The lowest BCUT2D eigenvalue weighted by Crippen LogP contribution is -2.76. The van der Waals surface area contributed by atoms with Crippen LogP contribution in [0.15, 0.2) is 70.6 Å². The average Bonchev–Trinajstić information content (AvgIpc) is 3.59. The first-order valence-corrected chi connectivity index (χ1v) is 16.6. The molecule has 4 heterocycles. The maximum atomic E-state index is 15.1. The molecular weight excluding hydrogens is 584 g/mol. The van der Waals surface area contributed by atoms with Gasteiger partial charge in [0, 0.05) is 36.4 Å². The Hall–Kier alpha value is -3.21. The van der Waals surface area contributed by atoms with Gasteiger partial charge in [-0.15, -0.1) is 0 Å². The summed E-state index contributed by atoms with van der Waals surface area (Å²) < 4.78 is 31.3. The number of hydrogen-bond acceptors (Lipinski definition) is 9. The maximum absolute atomic E-state index is 15.1. The number of ketones is 1.